The standard InChI is InChI=1S/C12H8N6O3S/c1-21-10-6(3-14)8(5(2-13)9(15)17-10)7-4-16-11(22-7)18-12(19)20/h4H,1H3,(H2,15,17)(H,16,18)(H,19,20). The maximum atomic E-state index is 10.6. The number of anilines is 2. The Kier molecular flexibility index (Phi) is 4.06. The molecule has 0 saturated carbocycles. The topological polar surface area (TPSA) is 158 Å². The molecule has 0 aliphatic carbocycles. The van der Waals surface area contributed by atoms with Crippen molar-refractivity contribution in [3.63, 3.8) is 0 Å². The van der Waals surface area contributed by atoms with Gasteiger partial charge >= 0.3 is 6.09 Å². The van der Waals surface area contributed by atoms with Gasteiger partial charge in [-0.25, -0.2) is 9.78 Å². The smallest absolute Gasteiger partial charge is 0.410 e. The fourth-order valence-corrected chi connectivity index (χ4v) is 2.59. The third-order valence-corrected chi connectivity index (χ3v) is 3.51. The second-order valence-electron chi connectivity index (χ2n) is 3.81. The molecule has 22 heavy (non-hydrogen) atoms. The van der Waals surface area contributed by atoms with E-state index in [2.05, 4.69) is 15.3 Å². The van der Waals surface area contributed by atoms with Crippen LogP contribution in [0.2, 0.25) is 0 Å². The molecule has 2 heterocycles. The quantitative estimate of drug-likeness (QED) is 0.770. The Morgan fingerprint density at radius 2 is 2.14 bits per heavy atom. The van der Waals surface area contributed by atoms with E-state index in [0.29, 0.717) is 4.88 Å². The van der Waals surface area contributed by atoms with Crippen molar-refractivity contribution in [2.45, 2.75) is 0 Å². The molecule has 0 unspecified atom stereocenters. The lowest BCUT2D eigenvalue weighted by molar-refractivity contribution is 0.209. The number of amides is 1. The summed E-state index contributed by atoms with van der Waals surface area (Å²) in [5.41, 5.74) is 5.95. The Morgan fingerprint density at radius 3 is 2.68 bits per heavy atom. The first-order chi connectivity index (χ1) is 10.5. The first kappa shape index (κ1) is 15.0. The van der Waals surface area contributed by atoms with Gasteiger partial charge in [-0.15, -0.1) is 0 Å². The van der Waals surface area contributed by atoms with Crippen LogP contribution in [0.25, 0.3) is 10.4 Å². The number of nitrogens with zero attached hydrogens (tertiary/aromatic N) is 4. The average Bonchev–Trinajstić information content (AvgIpc) is 2.93. The van der Waals surface area contributed by atoms with Crippen LogP contribution in [0.5, 0.6) is 5.88 Å². The lowest BCUT2D eigenvalue weighted by atomic mass is 10.0. The predicted octanol–water partition coefficient (Wildman–Crippen LogP) is 1.63. The van der Waals surface area contributed by atoms with E-state index in [9.17, 15) is 15.3 Å². The first-order valence-electron chi connectivity index (χ1n) is 5.65. The number of pyridine rings is 1. The zero-order valence-corrected chi connectivity index (χ0v) is 11.9. The molecule has 9 nitrogen and oxygen atoms in total. The molecule has 0 saturated heterocycles. The average molecular weight is 316 g/mol. The zero-order valence-electron chi connectivity index (χ0n) is 11.1. The van der Waals surface area contributed by atoms with Crippen LogP contribution in [0.3, 0.4) is 0 Å². The number of carbonyl (C=O) groups is 1. The minimum absolute atomic E-state index is 0.00266. The number of hydrogen-bond donors (Lipinski definition) is 3. The minimum atomic E-state index is -1.27. The molecule has 0 radical (unpaired) electrons. The Morgan fingerprint density at radius 1 is 1.45 bits per heavy atom. The van der Waals surface area contributed by atoms with Gasteiger partial charge in [-0.2, -0.15) is 15.5 Å². The van der Waals surface area contributed by atoms with Crippen molar-refractivity contribution < 1.29 is 14.6 Å². The van der Waals surface area contributed by atoms with Gasteiger partial charge in [0, 0.05) is 11.8 Å². The molecule has 0 aliphatic rings. The molecule has 0 atom stereocenters. The van der Waals surface area contributed by atoms with Crippen molar-refractivity contribution in [3.05, 3.63) is 17.3 Å². The summed E-state index contributed by atoms with van der Waals surface area (Å²) < 4.78 is 5.00. The van der Waals surface area contributed by atoms with Crippen LogP contribution in [0, 0.1) is 22.7 Å². The number of thiazole rings is 1. The van der Waals surface area contributed by atoms with Crippen LogP contribution in [0.15, 0.2) is 6.20 Å². The highest BCUT2D eigenvalue weighted by molar-refractivity contribution is 7.19. The van der Waals surface area contributed by atoms with Crippen molar-refractivity contribution in [2.24, 2.45) is 0 Å². The summed E-state index contributed by atoms with van der Waals surface area (Å²) in [7, 11) is 1.32. The number of nitriles is 2. The molecule has 0 aliphatic heterocycles. The van der Waals surface area contributed by atoms with Gasteiger partial charge in [0.25, 0.3) is 0 Å². The molecular formula is C12H8N6O3S. The Labute approximate surface area is 128 Å². The number of nitrogens with two attached hydrogens (primary N) is 1. The molecule has 2 aromatic rings. The maximum absolute atomic E-state index is 10.6. The molecule has 0 fully saturated rings. The number of methoxy groups -OCH3 is 1. The zero-order chi connectivity index (χ0) is 16.3. The fourth-order valence-electron chi connectivity index (χ4n) is 1.73. The summed E-state index contributed by atoms with van der Waals surface area (Å²) in [6.45, 7) is 0. The Bertz CT molecular complexity index is 833. The van der Waals surface area contributed by atoms with Crippen LogP contribution in [0.4, 0.5) is 15.7 Å². The summed E-state index contributed by atoms with van der Waals surface area (Å²) in [5.74, 6) is -0.107. The third kappa shape index (κ3) is 2.59. The van der Waals surface area contributed by atoms with Crippen molar-refractivity contribution in [1.29, 1.82) is 10.5 Å². The molecule has 2 aromatic heterocycles. The van der Waals surface area contributed by atoms with Gasteiger partial charge in [-0.05, 0) is 0 Å². The van der Waals surface area contributed by atoms with Crippen molar-refractivity contribution in [1.82, 2.24) is 9.97 Å². The van der Waals surface area contributed by atoms with Gasteiger partial charge in [-0.1, -0.05) is 11.3 Å². The largest absolute Gasteiger partial charge is 0.480 e. The molecule has 0 aromatic carbocycles. The lowest BCUT2D eigenvalue weighted by Crippen LogP contribution is -2.06. The molecular weight excluding hydrogens is 308 g/mol. The number of ether oxygens (including phenoxy) is 1. The van der Waals surface area contributed by atoms with Gasteiger partial charge in [0.2, 0.25) is 5.88 Å². The third-order valence-electron chi connectivity index (χ3n) is 2.57. The molecule has 110 valence electrons. The van der Waals surface area contributed by atoms with E-state index in [-0.39, 0.29) is 33.5 Å². The summed E-state index contributed by atoms with van der Waals surface area (Å²) in [4.78, 5) is 18.7. The van der Waals surface area contributed by atoms with Gasteiger partial charge in [-0.3, -0.25) is 5.32 Å². The van der Waals surface area contributed by atoms with Gasteiger partial charge in [0.15, 0.2) is 5.13 Å². The van der Waals surface area contributed by atoms with E-state index in [1.807, 2.05) is 12.1 Å². The number of nitrogen functional groups attached to an aromatic ring is 1. The van der Waals surface area contributed by atoms with Crippen molar-refractivity contribution >= 4 is 28.4 Å². The molecule has 0 bridgehead atoms. The van der Waals surface area contributed by atoms with Gasteiger partial charge in [0.05, 0.1) is 12.0 Å². The molecule has 2 rings (SSSR count). The van der Waals surface area contributed by atoms with Crippen LogP contribution < -0.4 is 15.8 Å². The highest BCUT2D eigenvalue weighted by Crippen LogP contribution is 2.38. The van der Waals surface area contributed by atoms with E-state index in [0.717, 1.165) is 11.3 Å². The number of carboxylic acid groups (broad SMARTS) is 1. The van der Waals surface area contributed by atoms with Crippen molar-refractivity contribution in [3.8, 4) is 28.5 Å². The first-order valence-corrected chi connectivity index (χ1v) is 6.47. The highest BCUT2D eigenvalue weighted by atomic mass is 32.1. The van der Waals surface area contributed by atoms with Gasteiger partial charge < -0.3 is 15.6 Å². The maximum Gasteiger partial charge on any atom is 0.410 e. The van der Waals surface area contributed by atoms with Crippen LogP contribution in [-0.2, 0) is 0 Å². The van der Waals surface area contributed by atoms with Crippen LogP contribution in [0.1, 0.15) is 11.1 Å². The lowest BCUT2D eigenvalue weighted by Gasteiger charge is -2.09. The van der Waals surface area contributed by atoms with Crippen molar-refractivity contribution in [2.75, 3.05) is 18.2 Å². The number of aromatic nitrogens is 2. The fraction of sp³-hybridized carbons (Fsp3) is 0.0833. The van der Waals surface area contributed by atoms with Gasteiger partial charge in [0.1, 0.15) is 29.1 Å². The monoisotopic (exact) mass is 316 g/mol. The van der Waals surface area contributed by atoms with Crippen LogP contribution >= 0.6 is 11.3 Å². The number of hydrogen-bond acceptors (Lipinski definition) is 8. The Hall–Kier alpha value is -3.37. The Balaban J connectivity index is 2.70. The van der Waals surface area contributed by atoms with E-state index in [1.54, 1.807) is 0 Å². The summed E-state index contributed by atoms with van der Waals surface area (Å²) in [5, 5.41) is 29.4. The second kappa shape index (κ2) is 5.95. The number of nitrogens with one attached hydrogen (secondary N) is 1. The van der Waals surface area contributed by atoms with E-state index < -0.39 is 6.09 Å². The molecule has 10 heteroatoms. The number of rotatable bonds is 3. The summed E-state index contributed by atoms with van der Waals surface area (Å²) in [6.07, 6.45) is 0.0694. The predicted molar refractivity (Wildman–Crippen MR) is 77.4 cm³/mol. The highest BCUT2D eigenvalue weighted by Gasteiger charge is 2.22. The normalized spacial score (nSPS) is 9.59. The minimum Gasteiger partial charge on any atom is -0.480 e. The van der Waals surface area contributed by atoms with Crippen LogP contribution in [-0.4, -0.2) is 28.3 Å². The van der Waals surface area contributed by atoms with E-state index in [4.69, 9.17) is 15.6 Å². The summed E-state index contributed by atoms with van der Waals surface area (Å²) >= 11 is 0.957. The molecule has 0 spiro atoms. The molecule has 4 N–H and O–H groups in total. The van der Waals surface area contributed by atoms with E-state index in [1.165, 1.54) is 13.3 Å². The van der Waals surface area contributed by atoms with E-state index >= 15 is 0 Å². The molecule has 1 amide bonds. The SMILES string of the molecule is COc1nc(N)c(C#N)c(-c2cnc(NC(=O)O)s2)c1C#N. The second-order valence-corrected chi connectivity index (χ2v) is 4.85. The summed E-state index contributed by atoms with van der Waals surface area (Å²) in [6, 6.07) is 3.80.